The lowest BCUT2D eigenvalue weighted by atomic mass is 9.73. The van der Waals surface area contributed by atoms with E-state index >= 15 is 0 Å². The van der Waals surface area contributed by atoms with Crippen molar-refractivity contribution in [1.82, 2.24) is 15.5 Å². The molecule has 0 unspecified atom stereocenters. The van der Waals surface area contributed by atoms with Crippen LogP contribution in [0.4, 0.5) is 4.79 Å². The van der Waals surface area contributed by atoms with Gasteiger partial charge in [0.1, 0.15) is 17.7 Å². The average molecular weight is 385 g/mol. The van der Waals surface area contributed by atoms with Crippen molar-refractivity contribution in [3.05, 3.63) is 0 Å². The van der Waals surface area contributed by atoms with Crippen molar-refractivity contribution in [3.63, 3.8) is 0 Å². The van der Waals surface area contributed by atoms with Gasteiger partial charge in [0.2, 0.25) is 11.8 Å². The van der Waals surface area contributed by atoms with Crippen LogP contribution in [0.15, 0.2) is 0 Å². The van der Waals surface area contributed by atoms with Crippen LogP contribution in [0.2, 0.25) is 0 Å². The van der Waals surface area contributed by atoms with Crippen LogP contribution >= 0.6 is 0 Å². The lowest BCUT2D eigenvalue weighted by molar-refractivity contribution is -0.139. The first-order valence-corrected chi connectivity index (χ1v) is 9.30. The molecule has 1 saturated heterocycles. The standard InChI is InChI=1S/C17H32BN3O6/c1-10(2)13(18(25)26)20-14(22)12-8-7-9-21(12)15(23)11(3)19-16(24)27-17(4,5)6/h10-13,25-26H,7-9H2,1-6H3,(H,19,24)(H,20,22)/t11-,12-,13-/m0/s1. The fourth-order valence-electron chi connectivity index (χ4n) is 2.94. The van der Waals surface area contributed by atoms with Crippen LogP contribution in [0.1, 0.15) is 54.4 Å². The van der Waals surface area contributed by atoms with E-state index in [1.165, 1.54) is 11.8 Å². The summed E-state index contributed by atoms with van der Waals surface area (Å²) in [5, 5.41) is 24.0. The molecule has 0 saturated carbocycles. The van der Waals surface area contributed by atoms with Gasteiger partial charge >= 0.3 is 13.2 Å². The average Bonchev–Trinajstić information content (AvgIpc) is 2.98. The van der Waals surface area contributed by atoms with Gasteiger partial charge in [-0.1, -0.05) is 13.8 Å². The smallest absolute Gasteiger partial charge is 0.444 e. The molecule has 0 spiro atoms. The van der Waals surface area contributed by atoms with Crippen LogP contribution in [0.3, 0.4) is 0 Å². The van der Waals surface area contributed by atoms with Crippen LogP contribution in [0.25, 0.3) is 0 Å². The molecule has 0 radical (unpaired) electrons. The Morgan fingerprint density at radius 2 is 1.74 bits per heavy atom. The van der Waals surface area contributed by atoms with Crippen LogP contribution in [-0.4, -0.2) is 70.1 Å². The number of carbonyl (C=O) groups is 3. The number of rotatable bonds is 6. The summed E-state index contributed by atoms with van der Waals surface area (Å²) in [6, 6.07) is -1.56. The van der Waals surface area contributed by atoms with E-state index in [9.17, 15) is 24.4 Å². The molecule has 154 valence electrons. The van der Waals surface area contributed by atoms with Gasteiger partial charge in [-0.05, 0) is 46.5 Å². The SMILES string of the molecule is CC(C)[C@H](NC(=O)[C@@H]1CCCN1C(=O)[C@H](C)NC(=O)OC(C)(C)C)B(O)O. The van der Waals surface area contributed by atoms with Gasteiger partial charge in [0.25, 0.3) is 0 Å². The topological polar surface area (TPSA) is 128 Å². The van der Waals surface area contributed by atoms with E-state index in [1.54, 1.807) is 34.6 Å². The van der Waals surface area contributed by atoms with Crippen molar-refractivity contribution in [2.24, 2.45) is 5.92 Å². The van der Waals surface area contributed by atoms with E-state index in [1.807, 2.05) is 0 Å². The molecule has 1 fully saturated rings. The number of hydrogen-bond donors (Lipinski definition) is 4. The van der Waals surface area contributed by atoms with Crippen molar-refractivity contribution >= 4 is 25.0 Å². The number of amides is 3. The van der Waals surface area contributed by atoms with Crippen LogP contribution < -0.4 is 10.6 Å². The number of hydrogen-bond acceptors (Lipinski definition) is 6. The van der Waals surface area contributed by atoms with Gasteiger partial charge < -0.3 is 30.3 Å². The van der Waals surface area contributed by atoms with Gasteiger partial charge in [-0.2, -0.15) is 0 Å². The number of ether oxygens (including phenoxy) is 1. The summed E-state index contributed by atoms with van der Waals surface area (Å²) < 4.78 is 5.15. The first-order valence-electron chi connectivity index (χ1n) is 9.30. The highest BCUT2D eigenvalue weighted by Gasteiger charge is 2.39. The summed E-state index contributed by atoms with van der Waals surface area (Å²) in [7, 11) is -1.69. The molecular formula is C17H32BN3O6. The summed E-state index contributed by atoms with van der Waals surface area (Å²) in [4.78, 5) is 38.5. The minimum absolute atomic E-state index is 0.188. The predicted molar refractivity (Wildman–Crippen MR) is 101 cm³/mol. The van der Waals surface area contributed by atoms with E-state index in [-0.39, 0.29) is 11.8 Å². The first kappa shape index (κ1) is 23.2. The number of nitrogens with zero attached hydrogens (tertiary/aromatic N) is 1. The van der Waals surface area contributed by atoms with Crippen LogP contribution in [0.5, 0.6) is 0 Å². The molecule has 27 heavy (non-hydrogen) atoms. The van der Waals surface area contributed by atoms with Crippen LogP contribution in [-0.2, 0) is 14.3 Å². The summed E-state index contributed by atoms with van der Waals surface area (Å²) in [5.74, 6) is -1.83. The quantitative estimate of drug-likeness (QED) is 0.478. The Balaban J connectivity index is 2.73. The maximum Gasteiger partial charge on any atom is 0.475 e. The molecule has 10 heteroatoms. The molecule has 0 aliphatic carbocycles. The second-order valence-corrected chi connectivity index (χ2v) is 8.25. The zero-order chi connectivity index (χ0) is 20.9. The summed E-state index contributed by atoms with van der Waals surface area (Å²) in [6.07, 6.45) is 0.423. The Morgan fingerprint density at radius 1 is 1.15 bits per heavy atom. The van der Waals surface area contributed by atoms with E-state index in [4.69, 9.17) is 4.74 Å². The van der Waals surface area contributed by atoms with Crippen molar-refractivity contribution in [3.8, 4) is 0 Å². The number of likely N-dealkylation sites (tertiary alicyclic amines) is 1. The molecule has 9 nitrogen and oxygen atoms in total. The highest BCUT2D eigenvalue weighted by molar-refractivity contribution is 6.43. The number of alkyl carbamates (subject to hydrolysis) is 1. The predicted octanol–water partition coefficient (Wildman–Crippen LogP) is 0.0434. The fourth-order valence-corrected chi connectivity index (χ4v) is 2.94. The second-order valence-electron chi connectivity index (χ2n) is 8.25. The Hall–Kier alpha value is -1.81. The molecule has 1 aliphatic heterocycles. The van der Waals surface area contributed by atoms with E-state index < -0.39 is 42.7 Å². The van der Waals surface area contributed by atoms with Gasteiger partial charge in [0, 0.05) is 6.54 Å². The fraction of sp³-hybridized carbons (Fsp3) is 0.824. The highest BCUT2D eigenvalue weighted by atomic mass is 16.6. The monoisotopic (exact) mass is 385 g/mol. The zero-order valence-electron chi connectivity index (χ0n) is 17.0. The molecule has 0 aromatic rings. The Morgan fingerprint density at radius 3 is 2.22 bits per heavy atom. The Labute approximate surface area is 161 Å². The molecule has 4 N–H and O–H groups in total. The van der Waals surface area contributed by atoms with Gasteiger partial charge in [0.05, 0.1) is 5.94 Å². The summed E-state index contributed by atoms with van der Waals surface area (Å²) in [6.45, 7) is 10.6. The molecule has 3 amide bonds. The number of nitrogens with one attached hydrogen (secondary N) is 2. The van der Waals surface area contributed by atoms with Gasteiger partial charge in [0.15, 0.2) is 0 Å². The maximum absolute atomic E-state index is 12.7. The minimum atomic E-state index is -1.69. The van der Waals surface area contributed by atoms with E-state index in [2.05, 4.69) is 10.6 Å². The first-order chi connectivity index (χ1) is 12.3. The van der Waals surface area contributed by atoms with Crippen molar-refractivity contribution in [2.45, 2.75) is 78.0 Å². The number of carbonyl (C=O) groups excluding carboxylic acids is 3. The van der Waals surface area contributed by atoms with Crippen molar-refractivity contribution < 1.29 is 29.2 Å². The Kier molecular flexibility index (Phi) is 8.10. The van der Waals surface area contributed by atoms with Gasteiger partial charge in [-0.15, -0.1) is 0 Å². The van der Waals surface area contributed by atoms with Crippen molar-refractivity contribution in [1.29, 1.82) is 0 Å². The third kappa shape index (κ3) is 7.02. The molecule has 3 atom stereocenters. The second kappa shape index (κ2) is 9.41. The zero-order valence-corrected chi connectivity index (χ0v) is 17.0. The Bertz CT molecular complexity index is 541. The highest BCUT2D eigenvalue weighted by Crippen LogP contribution is 2.19. The minimum Gasteiger partial charge on any atom is -0.444 e. The van der Waals surface area contributed by atoms with Gasteiger partial charge in [-0.25, -0.2) is 4.79 Å². The normalized spacial score (nSPS) is 19.4. The van der Waals surface area contributed by atoms with E-state index in [0.717, 1.165) is 0 Å². The molecule has 0 bridgehead atoms. The lowest BCUT2D eigenvalue weighted by Gasteiger charge is -2.30. The van der Waals surface area contributed by atoms with Crippen LogP contribution in [0, 0.1) is 5.92 Å². The third-order valence-corrected chi connectivity index (χ3v) is 4.29. The summed E-state index contributed by atoms with van der Waals surface area (Å²) >= 11 is 0. The molecule has 0 aromatic carbocycles. The third-order valence-electron chi connectivity index (χ3n) is 4.29. The molecular weight excluding hydrogens is 353 g/mol. The molecule has 1 aliphatic rings. The maximum atomic E-state index is 12.7. The molecule has 1 rings (SSSR count). The molecule has 0 aromatic heterocycles. The summed E-state index contributed by atoms with van der Waals surface area (Å²) in [5.41, 5.74) is -0.681. The lowest BCUT2D eigenvalue weighted by Crippen LogP contribution is -2.57. The van der Waals surface area contributed by atoms with Gasteiger partial charge in [-0.3, -0.25) is 9.59 Å². The largest absolute Gasteiger partial charge is 0.475 e. The molecule has 1 heterocycles. The van der Waals surface area contributed by atoms with E-state index in [0.29, 0.717) is 19.4 Å². The van der Waals surface area contributed by atoms with Crippen molar-refractivity contribution in [2.75, 3.05) is 6.54 Å².